The topological polar surface area (TPSA) is 46.3 Å². The van der Waals surface area contributed by atoms with Crippen LogP contribution in [0.5, 0.6) is 0 Å². The molecule has 2 aromatic carbocycles. The Balaban J connectivity index is 1.41. The predicted octanol–water partition coefficient (Wildman–Crippen LogP) is 5.10. The highest BCUT2D eigenvalue weighted by atomic mass is 16.4. The van der Waals surface area contributed by atoms with Crippen LogP contribution in [0, 0.1) is 5.92 Å². The number of carbonyl (C=O) groups excluding carboxylic acids is 1. The van der Waals surface area contributed by atoms with Gasteiger partial charge in [-0.25, -0.2) is 4.98 Å². The molecule has 0 aliphatic heterocycles. The van der Waals surface area contributed by atoms with Gasteiger partial charge >= 0.3 is 0 Å². The molecule has 1 amide bonds. The summed E-state index contributed by atoms with van der Waals surface area (Å²) in [5, 5.41) is 0. The summed E-state index contributed by atoms with van der Waals surface area (Å²) in [6.45, 7) is 2.84. The van der Waals surface area contributed by atoms with Crippen molar-refractivity contribution in [1.82, 2.24) is 9.88 Å². The first-order valence-electron chi connectivity index (χ1n) is 10.0. The smallest absolute Gasteiger partial charge is 0.223 e. The average Bonchev–Trinajstić information content (AvgIpc) is 3.49. The molecular formula is C24H26N2O2. The number of hydrogen-bond donors (Lipinski definition) is 0. The molecule has 0 spiro atoms. The molecule has 0 N–H and O–H groups in total. The molecule has 28 heavy (non-hydrogen) atoms. The van der Waals surface area contributed by atoms with Gasteiger partial charge in [-0.2, -0.15) is 0 Å². The molecule has 1 aromatic heterocycles. The van der Waals surface area contributed by atoms with Gasteiger partial charge in [-0.3, -0.25) is 4.79 Å². The maximum atomic E-state index is 13.0. The summed E-state index contributed by atoms with van der Waals surface area (Å²) in [7, 11) is 0. The number of hydrogen-bond acceptors (Lipinski definition) is 3. The molecule has 1 heterocycles. The quantitative estimate of drug-likeness (QED) is 0.551. The minimum atomic E-state index is 0.169. The fourth-order valence-corrected chi connectivity index (χ4v) is 3.59. The van der Waals surface area contributed by atoms with Crippen LogP contribution in [0.2, 0.25) is 0 Å². The third-order valence-electron chi connectivity index (χ3n) is 5.48. The first-order chi connectivity index (χ1) is 13.7. The Morgan fingerprint density at radius 1 is 1.11 bits per heavy atom. The second-order valence-corrected chi connectivity index (χ2v) is 7.57. The van der Waals surface area contributed by atoms with Gasteiger partial charge in [-0.15, -0.1) is 0 Å². The third-order valence-corrected chi connectivity index (χ3v) is 5.48. The van der Waals surface area contributed by atoms with Crippen molar-refractivity contribution in [2.45, 2.75) is 45.2 Å². The van der Waals surface area contributed by atoms with E-state index in [1.54, 1.807) is 6.20 Å². The summed E-state index contributed by atoms with van der Waals surface area (Å²) in [5.41, 5.74) is 2.17. The fraction of sp³-hybridized carbons (Fsp3) is 0.333. The lowest BCUT2D eigenvalue weighted by Crippen LogP contribution is -2.39. The van der Waals surface area contributed by atoms with Crippen molar-refractivity contribution in [1.29, 1.82) is 0 Å². The Morgan fingerprint density at radius 2 is 1.79 bits per heavy atom. The van der Waals surface area contributed by atoms with E-state index < -0.39 is 0 Å². The summed E-state index contributed by atoms with van der Waals surface area (Å²) >= 11 is 0. The van der Waals surface area contributed by atoms with E-state index in [0.717, 1.165) is 11.3 Å². The molecule has 4 heteroatoms. The zero-order chi connectivity index (χ0) is 19.3. The molecule has 1 aliphatic rings. The van der Waals surface area contributed by atoms with E-state index in [0.29, 0.717) is 31.2 Å². The van der Waals surface area contributed by atoms with Crippen molar-refractivity contribution in [2.75, 3.05) is 0 Å². The molecule has 0 saturated heterocycles. The summed E-state index contributed by atoms with van der Waals surface area (Å²) in [6, 6.07) is 20.4. The fourth-order valence-electron chi connectivity index (χ4n) is 3.59. The summed E-state index contributed by atoms with van der Waals surface area (Å²) in [4.78, 5) is 19.4. The van der Waals surface area contributed by atoms with E-state index in [1.807, 2.05) is 53.4 Å². The molecule has 1 atom stereocenters. The van der Waals surface area contributed by atoms with E-state index in [4.69, 9.17) is 4.42 Å². The molecule has 144 valence electrons. The van der Waals surface area contributed by atoms with E-state index in [1.165, 1.54) is 18.4 Å². The molecular weight excluding hydrogens is 348 g/mol. The molecule has 1 unspecified atom stereocenters. The number of benzene rings is 2. The Bertz CT molecular complexity index is 901. The van der Waals surface area contributed by atoms with Crippen LogP contribution in [-0.2, 0) is 17.8 Å². The molecule has 0 radical (unpaired) electrons. The van der Waals surface area contributed by atoms with Crippen molar-refractivity contribution < 1.29 is 9.21 Å². The maximum absolute atomic E-state index is 13.0. The minimum absolute atomic E-state index is 0.169. The van der Waals surface area contributed by atoms with Gasteiger partial charge in [-0.1, -0.05) is 60.7 Å². The summed E-state index contributed by atoms with van der Waals surface area (Å²) in [6.07, 6.45) is 5.12. The highest BCUT2D eigenvalue weighted by molar-refractivity contribution is 5.76. The van der Waals surface area contributed by atoms with Gasteiger partial charge in [0.1, 0.15) is 0 Å². The number of aryl methyl sites for hydroxylation is 1. The monoisotopic (exact) mass is 374 g/mol. The Kier molecular flexibility index (Phi) is 5.56. The van der Waals surface area contributed by atoms with Crippen LogP contribution in [0.25, 0.3) is 11.3 Å². The maximum Gasteiger partial charge on any atom is 0.223 e. The normalized spacial score (nSPS) is 14.6. The van der Waals surface area contributed by atoms with Crippen molar-refractivity contribution in [3.8, 4) is 11.3 Å². The van der Waals surface area contributed by atoms with Crippen LogP contribution in [0.15, 0.2) is 71.3 Å². The molecule has 1 aliphatic carbocycles. The van der Waals surface area contributed by atoms with Gasteiger partial charge in [0.2, 0.25) is 5.91 Å². The lowest BCUT2D eigenvalue weighted by atomic mass is 10.1. The van der Waals surface area contributed by atoms with Crippen molar-refractivity contribution in [3.05, 3.63) is 78.3 Å². The first-order valence-corrected chi connectivity index (χ1v) is 10.0. The lowest BCUT2D eigenvalue weighted by Gasteiger charge is -2.29. The molecule has 0 bridgehead atoms. The first kappa shape index (κ1) is 18.5. The van der Waals surface area contributed by atoms with Crippen LogP contribution in [0.3, 0.4) is 0 Å². The summed E-state index contributed by atoms with van der Waals surface area (Å²) < 4.78 is 5.86. The van der Waals surface area contributed by atoms with E-state index in [2.05, 4.69) is 24.0 Å². The Morgan fingerprint density at radius 3 is 2.46 bits per heavy atom. The van der Waals surface area contributed by atoms with Gasteiger partial charge in [0.05, 0.1) is 6.20 Å². The summed E-state index contributed by atoms with van der Waals surface area (Å²) in [5.74, 6) is 2.17. The molecule has 4 nitrogen and oxygen atoms in total. The SMILES string of the molecule is CC(C1CC1)N(Cc1ccccc1)C(=O)CCc1ncc(-c2ccccc2)o1. The number of carbonyl (C=O) groups is 1. The van der Waals surface area contributed by atoms with Crippen LogP contribution in [0.1, 0.15) is 37.6 Å². The lowest BCUT2D eigenvalue weighted by molar-refractivity contribution is -0.134. The number of aromatic nitrogens is 1. The van der Waals surface area contributed by atoms with Crippen LogP contribution in [-0.4, -0.2) is 21.8 Å². The Labute approximate surface area is 166 Å². The second-order valence-electron chi connectivity index (χ2n) is 7.57. The van der Waals surface area contributed by atoms with Crippen molar-refractivity contribution in [3.63, 3.8) is 0 Å². The number of rotatable bonds is 8. The highest BCUT2D eigenvalue weighted by Gasteiger charge is 2.34. The number of amides is 1. The highest BCUT2D eigenvalue weighted by Crippen LogP contribution is 2.36. The van der Waals surface area contributed by atoms with Crippen LogP contribution < -0.4 is 0 Å². The second kappa shape index (κ2) is 8.42. The number of oxazole rings is 1. The zero-order valence-corrected chi connectivity index (χ0v) is 16.3. The van der Waals surface area contributed by atoms with Crippen LogP contribution in [0.4, 0.5) is 0 Å². The third kappa shape index (κ3) is 4.50. The van der Waals surface area contributed by atoms with E-state index in [9.17, 15) is 4.79 Å². The average molecular weight is 374 g/mol. The predicted molar refractivity (Wildman–Crippen MR) is 109 cm³/mol. The largest absolute Gasteiger partial charge is 0.441 e. The van der Waals surface area contributed by atoms with Crippen molar-refractivity contribution >= 4 is 5.91 Å². The van der Waals surface area contributed by atoms with Gasteiger partial charge < -0.3 is 9.32 Å². The van der Waals surface area contributed by atoms with E-state index in [-0.39, 0.29) is 11.9 Å². The van der Waals surface area contributed by atoms with Gasteiger partial charge in [-0.05, 0) is 31.2 Å². The molecule has 1 saturated carbocycles. The standard InChI is InChI=1S/C24H26N2O2/c1-18(20-12-13-20)26(17-19-8-4-2-5-9-19)24(27)15-14-23-25-16-22(28-23)21-10-6-3-7-11-21/h2-11,16,18,20H,12-15,17H2,1H3. The van der Waals surface area contributed by atoms with Crippen LogP contribution >= 0.6 is 0 Å². The van der Waals surface area contributed by atoms with Crippen molar-refractivity contribution in [2.24, 2.45) is 5.92 Å². The van der Waals surface area contributed by atoms with E-state index >= 15 is 0 Å². The van der Waals surface area contributed by atoms with Gasteiger partial charge in [0, 0.05) is 31.0 Å². The molecule has 4 rings (SSSR count). The van der Waals surface area contributed by atoms with Gasteiger partial charge in [0.25, 0.3) is 0 Å². The zero-order valence-electron chi connectivity index (χ0n) is 16.3. The minimum Gasteiger partial charge on any atom is -0.441 e. The Hall–Kier alpha value is -2.88. The van der Waals surface area contributed by atoms with Gasteiger partial charge in [0.15, 0.2) is 11.7 Å². The number of nitrogens with zero attached hydrogens (tertiary/aromatic N) is 2. The molecule has 3 aromatic rings. The molecule has 1 fully saturated rings.